The lowest BCUT2D eigenvalue weighted by Gasteiger charge is -2.04. The van der Waals surface area contributed by atoms with Crippen molar-refractivity contribution in [3.63, 3.8) is 0 Å². The van der Waals surface area contributed by atoms with Crippen molar-refractivity contribution in [3.05, 3.63) is 77.3 Å². The molecule has 0 atom stereocenters. The SMILES string of the molecule is CC=c1c(C)c(O)[nH]c1=Cc1[nH]c(Cc2[nH]c(C=c3[nH]c(O)c(C)c3=CC)c(CCC(=O)O)c2C)c(C)c1CCC(=O)O. The van der Waals surface area contributed by atoms with Crippen molar-refractivity contribution in [2.24, 2.45) is 0 Å². The Balaban J connectivity index is 1.86. The van der Waals surface area contributed by atoms with Crippen LogP contribution in [0.15, 0.2) is 0 Å². The van der Waals surface area contributed by atoms with Crippen molar-refractivity contribution >= 4 is 36.2 Å². The van der Waals surface area contributed by atoms with Gasteiger partial charge in [-0.1, -0.05) is 12.2 Å². The number of aromatic hydroxyl groups is 2. The van der Waals surface area contributed by atoms with Crippen LogP contribution in [0, 0.1) is 27.7 Å². The van der Waals surface area contributed by atoms with Gasteiger partial charge < -0.3 is 40.4 Å². The Morgan fingerprint density at radius 1 is 0.628 bits per heavy atom. The van der Waals surface area contributed by atoms with Gasteiger partial charge in [0.2, 0.25) is 0 Å². The number of hydrogen-bond donors (Lipinski definition) is 8. The molecular weight excluding hydrogens is 548 g/mol. The number of nitrogens with one attached hydrogen (secondary N) is 4. The average Bonchev–Trinajstić information content (AvgIpc) is 3.59. The van der Waals surface area contributed by atoms with E-state index in [0.717, 1.165) is 77.3 Å². The van der Waals surface area contributed by atoms with Crippen molar-refractivity contribution in [1.29, 1.82) is 0 Å². The van der Waals surface area contributed by atoms with E-state index in [4.69, 9.17) is 0 Å². The van der Waals surface area contributed by atoms with Gasteiger partial charge in [0, 0.05) is 63.6 Å². The fourth-order valence-electron chi connectivity index (χ4n) is 5.81. The molecule has 228 valence electrons. The zero-order valence-corrected chi connectivity index (χ0v) is 25.5. The van der Waals surface area contributed by atoms with Gasteiger partial charge in [-0.25, -0.2) is 0 Å². The standard InChI is InChI=1S/C33H40N4O6/c1-7-20-18(5)32(42)36-26(20)14-28-22(9-11-30(38)39)16(3)24(34-28)13-25-17(4)23(10-12-31(40)41)29(35-25)15-27-21(8-2)19(6)33(43)37-27/h7-8,14-15,34-37,42-43H,9-13H2,1-6H3,(H,38,39)(H,40,41). The Morgan fingerprint density at radius 3 is 1.33 bits per heavy atom. The first kappa shape index (κ1) is 31.1. The highest BCUT2D eigenvalue weighted by Crippen LogP contribution is 2.27. The zero-order valence-electron chi connectivity index (χ0n) is 25.5. The van der Waals surface area contributed by atoms with Crippen LogP contribution in [-0.2, 0) is 28.9 Å². The zero-order chi connectivity index (χ0) is 31.6. The highest BCUT2D eigenvalue weighted by molar-refractivity contribution is 5.69. The second-order valence-electron chi connectivity index (χ2n) is 10.9. The summed E-state index contributed by atoms with van der Waals surface area (Å²) in [7, 11) is 0. The van der Waals surface area contributed by atoms with Gasteiger partial charge in [-0.05, 0) is 88.8 Å². The lowest BCUT2D eigenvalue weighted by Crippen LogP contribution is -2.24. The van der Waals surface area contributed by atoms with Gasteiger partial charge in [-0.3, -0.25) is 9.59 Å². The molecule has 0 aliphatic heterocycles. The molecule has 0 spiro atoms. The Kier molecular flexibility index (Phi) is 9.08. The average molecular weight is 589 g/mol. The number of rotatable bonds is 10. The normalized spacial score (nSPS) is 13.5. The van der Waals surface area contributed by atoms with Gasteiger partial charge in [0.25, 0.3) is 0 Å². The maximum Gasteiger partial charge on any atom is 0.303 e. The molecule has 4 heterocycles. The van der Waals surface area contributed by atoms with E-state index in [1.54, 1.807) is 0 Å². The molecule has 0 saturated heterocycles. The van der Waals surface area contributed by atoms with Gasteiger partial charge >= 0.3 is 11.9 Å². The molecule has 0 amide bonds. The molecule has 0 unspecified atom stereocenters. The van der Waals surface area contributed by atoms with Crippen LogP contribution in [0.2, 0.25) is 0 Å². The molecule has 0 aliphatic rings. The predicted molar refractivity (Wildman–Crippen MR) is 166 cm³/mol. The van der Waals surface area contributed by atoms with Crippen LogP contribution < -0.4 is 21.1 Å². The number of aromatic nitrogens is 4. The Morgan fingerprint density at radius 2 is 1.00 bits per heavy atom. The van der Waals surface area contributed by atoms with Gasteiger partial charge in [0.05, 0.1) is 10.7 Å². The first-order chi connectivity index (χ1) is 20.4. The van der Waals surface area contributed by atoms with E-state index >= 15 is 0 Å². The molecule has 0 aromatic carbocycles. The van der Waals surface area contributed by atoms with E-state index in [2.05, 4.69) is 19.9 Å². The number of carboxylic acids is 2. The minimum absolute atomic E-state index is 0.0279. The van der Waals surface area contributed by atoms with E-state index in [1.807, 2.05) is 65.8 Å². The number of hydrogen-bond acceptors (Lipinski definition) is 4. The molecule has 4 aromatic rings. The molecule has 4 aromatic heterocycles. The van der Waals surface area contributed by atoms with E-state index in [9.17, 15) is 30.0 Å². The minimum atomic E-state index is -0.887. The maximum atomic E-state index is 11.5. The van der Waals surface area contributed by atoms with Gasteiger partial charge in [-0.15, -0.1) is 0 Å². The van der Waals surface area contributed by atoms with E-state index in [-0.39, 0.29) is 24.6 Å². The van der Waals surface area contributed by atoms with Crippen LogP contribution >= 0.6 is 0 Å². The summed E-state index contributed by atoms with van der Waals surface area (Å²) in [5.74, 6) is -1.60. The van der Waals surface area contributed by atoms with Crippen LogP contribution in [0.25, 0.3) is 24.3 Å². The monoisotopic (exact) mass is 588 g/mol. The minimum Gasteiger partial charge on any atom is -0.494 e. The third-order valence-corrected chi connectivity index (χ3v) is 8.32. The smallest absolute Gasteiger partial charge is 0.303 e. The molecule has 10 heteroatoms. The number of carboxylic acid groups (broad SMARTS) is 2. The maximum absolute atomic E-state index is 11.5. The molecular formula is C33H40N4O6. The lowest BCUT2D eigenvalue weighted by molar-refractivity contribution is -0.138. The number of H-pyrrole nitrogens is 4. The van der Waals surface area contributed by atoms with Crippen LogP contribution in [-0.4, -0.2) is 52.3 Å². The van der Waals surface area contributed by atoms with E-state index in [1.165, 1.54) is 0 Å². The van der Waals surface area contributed by atoms with Gasteiger partial charge in [-0.2, -0.15) is 0 Å². The Labute approximate surface area is 248 Å². The third-order valence-electron chi connectivity index (χ3n) is 8.32. The highest BCUT2D eigenvalue weighted by Gasteiger charge is 2.19. The van der Waals surface area contributed by atoms with E-state index in [0.29, 0.717) is 19.3 Å². The molecule has 4 rings (SSSR count). The van der Waals surface area contributed by atoms with Gasteiger partial charge in [0.15, 0.2) is 11.8 Å². The van der Waals surface area contributed by atoms with Crippen molar-refractivity contribution in [2.75, 3.05) is 0 Å². The highest BCUT2D eigenvalue weighted by atomic mass is 16.4. The summed E-state index contributed by atoms with van der Waals surface area (Å²) < 4.78 is 0. The second-order valence-corrected chi connectivity index (χ2v) is 10.9. The fraction of sp³-hybridized carbons (Fsp3) is 0.333. The molecule has 0 fully saturated rings. The van der Waals surface area contributed by atoms with Gasteiger partial charge in [0.1, 0.15) is 0 Å². The second kappa shape index (κ2) is 12.6. The Hall–Kier alpha value is -4.86. The van der Waals surface area contributed by atoms with Crippen molar-refractivity contribution in [2.45, 2.75) is 73.6 Å². The molecule has 8 N–H and O–H groups in total. The van der Waals surface area contributed by atoms with Crippen LogP contribution in [0.3, 0.4) is 0 Å². The number of aliphatic carboxylic acids is 2. The molecule has 43 heavy (non-hydrogen) atoms. The summed E-state index contributed by atoms with van der Waals surface area (Å²) in [6.07, 6.45) is 8.71. The van der Waals surface area contributed by atoms with Crippen LogP contribution in [0.1, 0.15) is 82.8 Å². The largest absolute Gasteiger partial charge is 0.494 e. The van der Waals surface area contributed by atoms with Crippen molar-refractivity contribution in [1.82, 2.24) is 19.9 Å². The lowest BCUT2D eigenvalue weighted by atomic mass is 10.00. The quantitative estimate of drug-likeness (QED) is 0.141. The van der Waals surface area contributed by atoms with E-state index < -0.39 is 11.9 Å². The molecule has 0 radical (unpaired) electrons. The molecule has 0 saturated carbocycles. The first-order valence-electron chi connectivity index (χ1n) is 14.3. The summed E-state index contributed by atoms with van der Waals surface area (Å²) in [6, 6.07) is 0. The predicted octanol–water partition coefficient (Wildman–Crippen LogP) is 2.53. The van der Waals surface area contributed by atoms with Crippen LogP contribution in [0.5, 0.6) is 11.8 Å². The fourth-order valence-corrected chi connectivity index (χ4v) is 5.81. The number of aromatic amines is 4. The summed E-state index contributed by atoms with van der Waals surface area (Å²) in [6.45, 7) is 11.4. The van der Waals surface area contributed by atoms with Crippen molar-refractivity contribution in [3.8, 4) is 11.8 Å². The third kappa shape index (κ3) is 6.33. The summed E-state index contributed by atoms with van der Waals surface area (Å²) in [5.41, 5.74) is 8.46. The Bertz CT molecular complexity index is 1810. The summed E-state index contributed by atoms with van der Waals surface area (Å²) >= 11 is 0. The number of carbonyl (C=O) groups is 2. The summed E-state index contributed by atoms with van der Waals surface area (Å²) in [5, 5.41) is 42.6. The molecule has 10 nitrogen and oxygen atoms in total. The van der Waals surface area contributed by atoms with Crippen LogP contribution in [0.4, 0.5) is 0 Å². The molecule has 0 aliphatic carbocycles. The van der Waals surface area contributed by atoms with Crippen molar-refractivity contribution < 1.29 is 30.0 Å². The topological polar surface area (TPSA) is 178 Å². The molecule has 0 bridgehead atoms. The first-order valence-corrected chi connectivity index (χ1v) is 14.3. The summed E-state index contributed by atoms with van der Waals surface area (Å²) in [4.78, 5) is 36.0.